The molecule has 2 aliphatic rings. The van der Waals surface area contributed by atoms with Crippen molar-refractivity contribution in [3.8, 4) is 5.75 Å². The summed E-state index contributed by atoms with van der Waals surface area (Å²) in [4.78, 5) is 44.7. The summed E-state index contributed by atoms with van der Waals surface area (Å²) in [6, 6.07) is 13.4. The maximum absolute atomic E-state index is 13.5. The molecule has 0 spiro atoms. The van der Waals surface area contributed by atoms with E-state index in [-0.39, 0.29) is 11.7 Å². The fourth-order valence-electron chi connectivity index (χ4n) is 5.22. The second-order valence-electron chi connectivity index (χ2n) is 12.9. The first-order chi connectivity index (χ1) is 20.2. The molecular weight excluding hydrogens is 550 g/mol. The van der Waals surface area contributed by atoms with Crippen LogP contribution in [0.5, 0.6) is 5.75 Å². The summed E-state index contributed by atoms with van der Waals surface area (Å²) in [6.45, 7) is 15.3. The summed E-state index contributed by atoms with van der Waals surface area (Å²) < 4.78 is 22.2. The van der Waals surface area contributed by atoms with Gasteiger partial charge in [0.2, 0.25) is 0 Å². The first-order valence-corrected chi connectivity index (χ1v) is 14.9. The SMILES string of the molecule is COc1ccc(N2CCN(CCC3OCCc4cc(C(=O)N(C(=O)OC(C)(C)C)C(=O)OC(C)(C)C)ccc43)CC2)cc1. The minimum absolute atomic E-state index is 0.0969. The first kappa shape index (κ1) is 32.3. The molecule has 0 bridgehead atoms. The predicted molar refractivity (Wildman–Crippen MR) is 164 cm³/mol. The van der Waals surface area contributed by atoms with Gasteiger partial charge in [0.25, 0.3) is 5.91 Å². The quantitative estimate of drug-likeness (QED) is 0.408. The Labute approximate surface area is 254 Å². The van der Waals surface area contributed by atoms with E-state index >= 15 is 0 Å². The van der Waals surface area contributed by atoms with Crippen LogP contribution in [0.4, 0.5) is 15.3 Å². The van der Waals surface area contributed by atoms with Crippen molar-refractivity contribution >= 4 is 23.8 Å². The molecular formula is C33H45N3O7. The molecule has 2 aliphatic heterocycles. The van der Waals surface area contributed by atoms with Crippen LogP contribution in [0, 0.1) is 0 Å². The molecule has 1 unspecified atom stereocenters. The number of methoxy groups -OCH3 is 1. The minimum atomic E-state index is -1.07. The standard InChI is InChI=1S/C33H45N3O7/c1-32(2,3)42-30(38)36(31(39)43-33(4,5)6)29(37)24-8-13-27-23(22-24)15-21-41-28(27)14-16-34-17-19-35(20-18-34)25-9-11-26(40-7)12-10-25/h8-13,22,28H,14-21H2,1-7H3. The molecule has 43 heavy (non-hydrogen) atoms. The molecule has 10 nitrogen and oxygen atoms in total. The van der Waals surface area contributed by atoms with Gasteiger partial charge in [-0.05, 0) is 102 Å². The Balaban J connectivity index is 1.40. The Morgan fingerprint density at radius 1 is 0.884 bits per heavy atom. The first-order valence-electron chi connectivity index (χ1n) is 14.9. The smallest absolute Gasteiger partial charge is 0.427 e. The van der Waals surface area contributed by atoms with E-state index in [0.29, 0.717) is 17.9 Å². The van der Waals surface area contributed by atoms with E-state index in [1.807, 2.05) is 18.2 Å². The Morgan fingerprint density at radius 2 is 1.49 bits per heavy atom. The lowest BCUT2D eigenvalue weighted by molar-refractivity contribution is 0.00388. The van der Waals surface area contributed by atoms with Gasteiger partial charge in [-0.3, -0.25) is 9.69 Å². The Bertz CT molecular complexity index is 1260. The zero-order valence-corrected chi connectivity index (χ0v) is 26.5. The number of carbonyl (C=O) groups is 3. The van der Waals surface area contributed by atoms with Gasteiger partial charge >= 0.3 is 12.2 Å². The number of carbonyl (C=O) groups excluding carboxylic acids is 3. The number of ether oxygens (including phenoxy) is 4. The number of amides is 3. The van der Waals surface area contributed by atoms with Crippen molar-refractivity contribution in [2.45, 2.75) is 71.7 Å². The molecule has 0 aliphatic carbocycles. The van der Waals surface area contributed by atoms with Crippen LogP contribution in [0.3, 0.4) is 0 Å². The van der Waals surface area contributed by atoms with Crippen LogP contribution in [0.2, 0.25) is 0 Å². The third-order valence-electron chi connectivity index (χ3n) is 7.30. The van der Waals surface area contributed by atoms with Gasteiger partial charge in [0.05, 0.1) is 19.8 Å². The second-order valence-corrected chi connectivity index (χ2v) is 12.9. The Kier molecular flexibility index (Phi) is 10.0. The number of nitrogens with zero attached hydrogens (tertiary/aromatic N) is 3. The second kappa shape index (κ2) is 13.3. The third kappa shape index (κ3) is 8.70. The van der Waals surface area contributed by atoms with Crippen molar-refractivity contribution in [2.24, 2.45) is 0 Å². The zero-order chi connectivity index (χ0) is 31.4. The third-order valence-corrected chi connectivity index (χ3v) is 7.30. The van der Waals surface area contributed by atoms with Crippen LogP contribution in [-0.4, -0.2) is 85.5 Å². The normalized spacial score (nSPS) is 17.6. The van der Waals surface area contributed by atoms with Gasteiger partial charge in [-0.15, -0.1) is 4.90 Å². The van der Waals surface area contributed by atoms with Gasteiger partial charge in [0, 0.05) is 44.0 Å². The average molecular weight is 596 g/mol. The van der Waals surface area contributed by atoms with E-state index in [9.17, 15) is 14.4 Å². The Hall–Kier alpha value is -3.63. The van der Waals surface area contributed by atoms with Crippen LogP contribution in [0.1, 0.15) is 75.6 Å². The van der Waals surface area contributed by atoms with Crippen LogP contribution in [0.25, 0.3) is 0 Å². The number of anilines is 1. The van der Waals surface area contributed by atoms with E-state index in [1.165, 1.54) is 5.69 Å². The lowest BCUT2D eigenvalue weighted by Gasteiger charge is -2.37. The summed E-state index contributed by atoms with van der Waals surface area (Å²) in [6.07, 6.45) is -0.784. The van der Waals surface area contributed by atoms with Gasteiger partial charge < -0.3 is 23.8 Å². The molecule has 10 heteroatoms. The highest BCUT2D eigenvalue weighted by Crippen LogP contribution is 2.31. The number of benzene rings is 2. The van der Waals surface area contributed by atoms with Crippen LogP contribution in [-0.2, 0) is 20.6 Å². The largest absolute Gasteiger partial charge is 0.497 e. The average Bonchev–Trinajstić information content (AvgIpc) is 2.94. The molecule has 234 valence electrons. The molecule has 2 aromatic carbocycles. The molecule has 0 aromatic heterocycles. The minimum Gasteiger partial charge on any atom is -0.497 e. The molecule has 0 radical (unpaired) electrons. The number of hydrogen-bond acceptors (Lipinski definition) is 9. The van der Waals surface area contributed by atoms with Crippen molar-refractivity contribution in [1.29, 1.82) is 0 Å². The maximum atomic E-state index is 13.5. The van der Waals surface area contributed by atoms with Gasteiger partial charge in [0.1, 0.15) is 17.0 Å². The van der Waals surface area contributed by atoms with Crippen molar-refractivity contribution in [2.75, 3.05) is 51.3 Å². The molecule has 3 amide bonds. The Morgan fingerprint density at radius 3 is 2.05 bits per heavy atom. The zero-order valence-electron chi connectivity index (χ0n) is 26.5. The molecule has 1 saturated heterocycles. The van der Waals surface area contributed by atoms with Gasteiger partial charge in [-0.1, -0.05) is 6.07 Å². The molecule has 2 aromatic rings. The van der Waals surface area contributed by atoms with Gasteiger partial charge in [-0.2, -0.15) is 0 Å². The number of fused-ring (bicyclic) bond motifs is 1. The molecule has 4 rings (SSSR count). The highest BCUT2D eigenvalue weighted by molar-refractivity contribution is 6.13. The summed E-state index contributed by atoms with van der Waals surface area (Å²) in [5.74, 6) is 0.0686. The number of hydrogen-bond donors (Lipinski definition) is 0. The summed E-state index contributed by atoms with van der Waals surface area (Å²) >= 11 is 0. The predicted octanol–water partition coefficient (Wildman–Crippen LogP) is 5.83. The molecule has 2 heterocycles. The molecule has 0 saturated carbocycles. The monoisotopic (exact) mass is 595 g/mol. The van der Waals surface area contributed by atoms with Crippen molar-refractivity contribution in [3.63, 3.8) is 0 Å². The van der Waals surface area contributed by atoms with Crippen LogP contribution >= 0.6 is 0 Å². The van der Waals surface area contributed by atoms with E-state index in [4.69, 9.17) is 18.9 Å². The summed E-state index contributed by atoms with van der Waals surface area (Å²) in [5, 5.41) is 0. The molecule has 1 atom stereocenters. The summed E-state index contributed by atoms with van der Waals surface area (Å²) in [7, 11) is 1.67. The highest BCUT2D eigenvalue weighted by atomic mass is 16.6. The fourth-order valence-corrected chi connectivity index (χ4v) is 5.22. The highest BCUT2D eigenvalue weighted by Gasteiger charge is 2.37. The van der Waals surface area contributed by atoms with Gasteiger partial charge in [-0.25, -0.2) is 9.59 Å². The van der Waals surface area contributed by atoms with E-state index in [1.54, 1.807) is 60.8 Å². The summed E-state index contributed by atoms with van der Waals surface area (Å²) in [5.41, 5.74) is 1.61. The van der Waals surface area contributed by atoms with Crippen molar-refractivity contribution in [3.05, 3.63) is 59.2 Å². The fraction of sp³-hybridized carbons (Fsp3) is 0.545. The van der Waals surface area contributed by atoms with E-state index in [0.717, 1.165) is 56.0 Å². The molecule has 0 N–H and O–H groups in total. The molecule has 1 fully saturated rings. The van der Waals surface area contributed by atoms with E-state index < -0.39 is 29.3 Å². The topological polar surface area (TPSA) is 97.9 Å². The van der Waals surface area contributed by atoms with Crippen molar-refractivity contribution in [1.82, 2.24) is 9.80 Å². The number of piperazine rings is 1. The lowest BCUT2D eigenvalue weighted by atomic mass is 9.93. The van der Waals surface area contributed by atoms with Crippen LogP contribution < -0.4 is 9.64 Å². The lowest BCUT2D eigenvalue weighted by Crippen LogP contribution is -2.47. The van der Waals surface area contributed by atoms with Crippen molar-refractivity contribution < 1.29 is 33.3 Å². The van der Waals surface area contributed by atoms with Crippen LogP contribution in [0.15, 0.2) is 42.5 Å². The number of imide groups is 3. The van der Waals surface area contributed by atoms with E-state index in [2.05, 4.69) is 21.9 Å². The van der Waals surface area contributed by atoms with Gasteiger partial charge in [0.15, 0.2) is 0 Å². The number of rotatable bonds is 6. The maximum Gasteiger partial charge on any atom is 0.427 e.